The molecule has 6 heteroatoms. The minimum atomic E-state index is -0.190. The molecule has 1 N–H and O–H groups in total. The van der Waals surface area contributed by atoms with Crippen LogP contribution in [0.1, 0.15) is 18.5 Å². The van der Waals surface area contributed by atoms with Gasteiger partial charge in [-0.1, -0.05) is 0 Å². The third-order valence-corrected chi connectivity index (χ3v) is 4.55. The van der Waals surface area contributed by atoms with Gasteiger partial charge in [0.1, 0.15) is 11.6 Å². The van der Waals surface area contributed by atoms with E-state index >= 15 is 0 Å². The fourth-order valence-electron chi connectivity index (χ4n) is 3.03. The molecule has 0 bridgehead atoms. The summed E-state index contributed by atoms with van der Waals surface area (Å²) in [7, 11) is 0. The molecule has 1 saturated heterocycles. The lowest BCUT2D eigenvalue weighted by atomic mass is 10.2. The lowest BCUT2D eigenvalue weighted by Crippen LogP contribution is -2.47. The van der Waals surface area contributed by atoms with Gasteiger partial charge in [0, 0.05) is 49.7 Å². The molecular formula is C18H22FN5. The molecule has 0 atom stereocenters. The molecule has 1 aromatic carbocycles. The average molecular weight is 327 g/mol. The summed E-state index contributed by atoms with van der Waals surface area (Å²) in [4.78, 5) is 13.8. The maximum Gasteiger partial charge on any atom is 0.225 e. The van der Waals surface area contributed by atoms with Crippen LogP contribution in [0.4, 0.5) is 21.8 Å². The van der Waals surface area contributed by atoms with Crippen molar-refractivity contribution in [3.8, 4) is 0 Å². The Hall–Kier alpha value is -2.37. The molecule has 2 heterocycles. The van der Waals surface area contributed by atoms with E-state index in [1.54, 1.807) is 0 Å². The number of hydrogen-bond acceptors (Lipinski definition) is 5. The van der Waals surface area contributed by atoms with Gasteiger partial charge in [0.25, 0.3) is 0 Å². The Balaban J connectivity index is 1.43. The summed E-state index contributed by atoms with van der Waals surface area (Å²) in [5, 5.41) is 3.38. The van der Waals surface area contributed by atoms with Crippen LogP contribution in [0.5, 0.6) is 0 Å². The molecule has 1 aliphatic heterocycles. The summed E-state index contributed by atoms with van der Waals surface area (Å²) in [5.41, 5.74) is 2.06. The number of nitrogens with zero attached hydrogens (tertiary/aromatic N) is 4. The molecule has 0 spiro atoms. The number of benzene rings is 1. The number of anilines is 3. The predicted octanol–water partition coefficient (Wildman–Crippen LogP) is 2.83. The lowest BCUT2D eigenvalue weighted by Gasteiger charge is -2.36. The first-order valence-electron chi connectivity index (χ1n) is 8.55. The van der Waals surface area contributed by atoms with Crippen molar-refractivity contribution in [1.82, 2.24) is 9.97 Å². The average Bonchev–Trinajstić information content (AvgIpc) is 3.39. The molecular weight excluding hydrogens is 305 g/mol. The zero-order chi connectivity index (χ0) is 16.5. The summed E-state index contributed by atoms with van der Waals surface area (Å²) in [6.45, 7) is 5.62. The Morgan fingerprint density at radius 3 is 2.33 bits per heavy atom. The largest absolute Gasteiger partial charge is 0.368 e. The van der Waals surface area contributed by atoms with Gasteiger partial charge in [0.05, 0.1) is 0 Å². The van der Waals surface area contributed by atoms with E-state index in [1.165, 1.54) is 25.0 Å². The fraction of sp³-hybridized carbons (Fsp3) is 0.444. The van der Waals surface area contributed by atoms with Crippen LogP contribution in [0.25, 0.3) is 0 Å². The highest BCUT2D eigenvalue weighted by molar-refractivity contribution is 5.51. The second-order valence-electron chi connectivity index (χ2n) is 6.56. The first-order chi connectivity index (χ1) is 11.7. The minimum Gasteiger partial charge on any atom is -0.368 e. The fourth-order valence-corrected chi connectivity index (χ4v) is 3.03. The molecule has 24 heavy (non-hydrogen) atoms. The Bertz CT molecular complexity index is 706. The Kier molecular flexibility index (Phi) is 3.96. The molecule has 0 unspecified atom stereocenters. The Morgan fingerprint density at radius 2 is 1.67 bits per heavy atom. The van der Waals surface area contributed by atoms with E-state index in [0.717, 1.165) is 49.3 Å². The molecule has 1 aliphatic carbocycles. The number of rotatable bonds is 4. The van der Waals surface area contributed by atoms with Crippen molar-refractivity contribution in [3.05, 3.63) is 41.8 Å². The van der Waals surface area contributed by atoms with E-state index < -0.39 is 0 Å². The van der Waals surface area contributed by atoms with Crippen molar-refractivity contribution < 1.29 is 4.39 Å². The number of aryl methyl sites for hydroxylation is 1. The van der Waals surface area contributed by atoms with Crippen molar-refractivity contribution in [3.63, 3.8) is 0 Å². The molecule has 1 aromatic heterocycles. The molecule has 4 rings (SSSR count). The number of hydrogen-bond donors (Lipinski definition) is 1. The molecule has 2 fully saturated rings. The van der Waals surface area contributed by atoms with Gasteiger partial charge in [-0.25, -0.2) is 9.37 Å². The normalized spacial score (nSPS) is 17.9. The number of halogens is 1. The summed E-state index contributed by atoms with van der Waals surface area (Å²) < 4.78 is 13.1. The second kappa shape index (κ2) is 6.26. The molecule has 1 saturated carbocycles. The van der Waals surface area contributed by atoms with Gasteiger partial charge in [-0.15, -0.1) is 0 Å². The van der Waals surface area contributed by atoms with Gasteiger partial charge < -0.3 is 15.1 Å². The molecule has 0 amide bonds. The first kappa shape index (κ1) is 15.2. The van der Waals surface area contributed by atoms with Gasteiger partial charge in [-0.05, 0) is 44.0 Å². The van der Waals surface area contributed by atoms with E-state index in [4.69, 9.17) is 0 Å². The second-order valence-corrected chi connectivity index (χ2v) is 6.56. The maximum atomic E-state index is 13.1. The van der Waals surface area contributed by atoms with Gasteiger partial charge >= 0.3 is 0 Å². The monoisotopic (exact) mass is 327 g/mol. The van der Waals surface area contributed by atoms with Crippen LogP contribution >= 0.6 is 0 Å². The third-order valence-electron chi connectivity index (χ3n) is 4.55. The zero-order valence-electron chi connectivity index (χ0n) is 13.9. The summed E-state index contributed by atoms with van der Waals surface area (Å²) in [6.07, 6.45) is 2.42. The molecule has 5 nitrogen and oxygen atoms in total. The Morgan fingerprint density at radius 1 is 1.00 bits per heavy atom. The zero-order valence-corrected chi connectivity index (χ0v) is 13.9. The van der Waals surface area contributed by atoms with Gasteiger partial charge in [-0.3, -0.25) is 0 Å². The van der Waals surface area contributed by atoms with Crippen LogP contribution in [0.3, 0.4) is 0 Å². The minimum absolute atomic E-state index is 0.190. The number of aromatic nitrogens is 2. The highest BCUT2D eigenvalue weighted by Crippen LogP contribution is 2.25. The van der Waals surface area contributed by atoms with E-state index in [2.05, 4.69) is 25.1 Å². The molecule has 2 aromatic rings. The first-order valence-corrected chi connectivity index (χ1v) is 8.55. The standard InChI is InChI=1S/C18H22FN5/c1-13-12-17(22-18(20-13)21-15-4-5-15)24-10-8-23(9-11-24)16-6-2-14(19)3-7-16/h2-3,6-7,12,15H,4-5,8-11H2,1H3,(H,20,21,22). The molecule has 2 aliphatic rings. The van der Waals surface area contributed by atoms with Gasteiger partial charge in [-0.2, -0.15) is 4.98 Å². The predicted molar refractivity (Wildman–Crippen MR) is 94.2 cm³/mol. The quantitative estimate of drug-likeness (QED) is 0.935. The van der Waals surface area contributed by atoms with Gasteiger partial charge in [0.15, 0.2) is 0 Å². The third kappa shape index (κ3) is 3.42. The summed E-state index contributed by atoms with van der Waals surface area (Å²) in [6, 6.07) is 9.33. The van der Waals surface area contributed by atoms with Crippen LogP contribution < -0.4 is 15.1 Å². The van der Waals surface area contributed by atoms with Crippen LogP contribution in [-0.2, 0) is 0 Å². The van der Waals surface area contributed by atoms with Gasteiger partial charge in [0.2, 0.25) is 5.95 Å². The van der Waals surface area contributed by atoms with Crippen LogP contribution in [0.2, 0.25) is 0 Å². The highest BCUT2D eigenvalue weighted by atomic mass is 19.1. The van der Waals surface area contributed by atoms with Crippen molar-refractivity contribution in [2.24, 2.45) is 0 Å². The molecule has 0 radical (unpaired) electrons. The van der Waals surface area contributed by atoms with Crippen molar-refractivity contribution in [1.29, 1.82) is 0 Å². The van der Waals surface area contributed by atoms with Crippen LogP contribution in [0.15, 0.2) is 30.3 Å². The van der Waals surface area contributed by atoms with Crippen molar-refractivity contribution in [2.75, 3.05) is 41.3 Å². The number of piperazine rings is 1. The SMILES string of the molecule is Cc1cc(N2CCN(c3ccc(F)cc3)CC2)nc(NC2CC2)n1. The van der Waals surface area contributed by atoms with E-state index in [9.17, 15) is 4.39 Å². The molecule has 126 valence electrons. The van der Waals surface area contributed by atoms with E-state index in [0.29, 0.717) is 6.04 Å². The smallest absolute Gasteiger partial charge is 0.225 e. The Labute approximate surface area is 141 Å². The van der Waals surface area contributed by atoms with E-state index in [-0.39, 0.29) is 5.82 Å². The lowest BCUT2D eigenvalue weighted by molar-refractivity contribution is 0.624. The van der Waals surface area contributed by atoms with Crippen LogP contribution in [-0.4, -0.2) is 42.2 Å². The highest BCUT2D eigenvalue weighted by Gasteiger charge is 2.23. The summed E-state index contributed by atoms with van der Waals surface area (Å²) in [5.74, 6) is 1.54. The summed E-state index contributed by atoms with van der Waals surface area (Å²) >= 11 is 0. The number of nitrogens with one attached hydrogen (secondary N) is 1. The topological polar surface area (TPSA) is 44.3 Å². The van der Waals surface area contributed by atoms with Crippen molar-refractivity contribution in [2.45, 2.75) is 25.8 Å². The van der Waals surface area contributed by atoms with Crippen LogP contribution in [0, 0.1) is 12.7 Å². The van der Waals surface area contributed by atoms with Crippen molar-refractivity contribution >= 4 is 17.5 Å². The van der Waals surface area contributed by atoms with E-state index in [1.807, 2.05) is 25.1 Å². The maximum absolute atomic E-state index is 13.1.